The van der Waals surface area contributed by atoms with Gasteiger partial charge in [0.1, 0.15) is 12.7 Å². The number of benzene rings is 4. The van der Waals surface area contributed by atoms with Gasteiger partial charge in [-0.15, -0.1) is 0 Å². The number of hydrogen-bond donors (Lipinski definition) is 5. The predicted octanol–water partition coefficient (Wildman–Crippen LogP) is 6.28. The summed E-state index contributed by atoms with van der Waals surface area (Å²) in [6.07, 6.45) is 4.83. The number of fused-ring (bicyclic) bond motifs is 2. The molecule has 5 aromatic heterocycles. The number of amides is 1. The molecule has 0 bridgehead atoms. The maximum atomic E-state index is 13.8. The van der Waals surface area contributed by atoms with E-state index in [1.54, 1.807) is 48.7 Å². The number of anilines is 1. The van der Waals surface area contributed by atoms with Gasteiger partial charge in [-0.05, 0) is 66.7 Å². The zero-order chi connectivity index (χ0) is 35.7. The van der Waals surface area contributed by atoms with Crippen molar-refractivity contribution in [3.8, 4) is 45.3 Å². The van der Waals surface area contributed by atoms with Gasteiger partial charge < -0.3 is 10.1 Å². The Labute approximate surface area is 298 Å². The summed E-state index contributed by atoms with van der Waals surface area (Å²) in [7, 11) is 0. The van der Waals surface area contributed by atoms with E-state index in [9.17, 15) is 9.59 Å². The van der Waals surface area contributed by atoms with Crippen molar-refractivity contribution < 1.29 is 14.3 Å². The van der Waals surface area contributed by atoms with Crippen LogP contribution >= 0.6 is 0 Å². The van der Waals surface area contributed by atoms with E-state index in [1.807, 2.05) is 54.6 Å². The average Bonchev–Trinajstić information content (AvgIpc) is 4.05. The van der Waals surface area contributed by atoms with Crippen LogP contribution in [0.15, 0.2) is 122 Å². The van der Waals surface area contributed by atoms with E-state index < -0.39 is 18.0 Å². The number of esters is 1. The van der Waals surface area contributed by atoms with Crippen LogP contribution in [0.1, 0.15) is 22.0 Å². The van der Waals surface area contributed by atoms with Crippen LogP contribution in [-0.2, 0) is 9.53 Å². The van der Waals surface area contributed by atoms with Gasteiger partial charge in [-0.3, -0.25) is 30.2 Å². The van der Waals surface area contributed by atoms with E-state index in [0.29, 0.717) is 34.2 Å². The third kappa shape index (κ3) is 6.03. The molecule has 1 unspecified atom stereocenters. The van der Waals surface area contributed by atoms with Crippen LogP contribution < -0.4 is 5.32 Å². The van der Waals surface area contributed by atoms with Crippen LogP contribution in [0.25, 0.3) is 67.1 Å². The van der Waals surface area contributed by atoms with Crippen LogP contribution in [0.5, 0.6) is 0 Å². The predicted molar refractivity (Wildman–Crippen MR) is 195 cm³/mol. The summed E-state index contributed by atoms with van der Waals surface area (Å²) in [4.78, 5) is 40.1. The number of carbonyl (C=O) groups is 2. The molecule has 9 rings (SSSR count). The molecule has 0 saturated carbocycles. The third-order valence-corrected chi connectivity index (χ3v) is 8.72. The van der Waals surface area contributed by atoms with Gasteiger partial charge in [-0.2, -0.15) is 20.4 Å². The standard InChI is InChI=1S/C38H26N12O3/c51-37(44-27-10-6-21(7-11-27)32-28-16-23(35-40-19-42-49-35)8-12-30(28)45-47-32)34(26-5-2-14-39-18-26)53-38(52)25-4-1-3-22(15-25)33-29-17-24(36-41-20-43-50-36)9-13-31(29)46-48-33/h1-20,34H,(H,44,51)(H,45,47)(H,46,48)(H,40,42,49)(H,41,43,50). The molecule has 15 heteroatoms. The van der Waals surface area contributed by atoms with Crippen molar-refractivity contribution in [3.63, 3.8) is 0 Å². The number of hydrogen-bond acceptors (Lipinski definition) is 10. The molecular formula is C38H26N12O3. The van der Waals surface area contributed by atoms with Crippen molar-refractivity contribution in [1.82, 2.24) is 55.7 Å². The second-order valence-corrected chi connectivity index (χ2v) is 12.0. The van der Waals surface area contributed by atoms with Gasteiger partial charge in [0.05, 0.1) is 28.0 Å². The molecule has 5 heterocycles. The highest BCUT2D eigenvalue weighted by Gasteiger charge is 2.27. The van der Waals surface area contributed by atoms with Gasteiger partial charge in [0.15, 0.2) is 11.6 Å². The lowest BCUT2D eigenvalue weighted by Gasteiger charge is -2.18. The number of aromatic nitrogens is 11. The Kier molecular flexibility index (Phi) is 7.74. The minimum atomic E-state index is -1.29. The van der Waals surface area contributed by atoms with Gasteiger partial charge in [-0.1, -0.05) is 30.3 Å². The van der Waals surface area contributed by atoms with E-state index >= 15 is 0 Å². The first-order chi connectivity index (χ1) is 26.1. The normalized spacial score (nSPS) is 11.8. The Hall–Kier alpha value is -7.81. The van der Waals surface area contributed by atoms with Crippen molar-refractivity contribution in [3.05, 3.63) is 133 Å². The Balaban J connectivity index is 0.953. The summed E-state index contributed by atoms with van der Waals surface area (Å²) < 4.78 is 5.89. The smallest absolute Gasteiger partial charge is 0.339 e. The zero-order valence-corrected chi connectivity index (χ0v) is 27.5. The monoisotopic (exact) mass is 698 g/mol. The number of nitrogens with zero attached hydrogens (tertiary/aromatic N) is 7. The molecule has 4 aromatic carbocycles. The number of carbonyl (C=O) groups excluding carboxylic acids is 2. The highest BCUT2D eigenvalue weighted by molar-refractivity contribution is 6.00. The molecule has 0 aliphatic rings. The lowest BCUT2D eigenvalue weighted by molar-refractivity contribution is -0.125. The second kappa shape index (κ2) is 13.1. The van der Waals surface area contributed by atoms with Crippen molar-refractivity contribution in [2.45, 2.75) is 6.10 Å². The summed E-state index contributed by atoms with van der Waals surface area (Å²) in [5.41, 5.74) is 7.36. The molecule has 0 aliphatic heterocycles. The lowest BCUT2D eigenvalue weighted by atomic mass is 10.0. The topological polar surface area (TPSA) is 209 Å². The maximum Gasteiger partial charge on any atom is 0.339 e. The Bertz CT molecular complexity index is 2720. The Morgan fingerprint density at radius 2 is 1.28 bits per heavy atom. The number of H-pyrrole nitrogens is 4. The van der Waals surface area contributed by atoms with Crippen molar-refractivity contribution in [2.75, 3.05) is 5.32 Å². The van der Waals surface area contributed by atoms with E-state index in [0.717, 1.165) is 44.2 Å². The first kappa shape index (κ1) is 31.2. The van der Waals surface area contributed by atoms with Crippen molar-refractivity contribution in [1.29, 1.82) is 0 Å². The third-order valence-electron chi connectivity index (χ3n) is 8.72. The minimum Gasteiger partial charge on any atom is -0.444 e. The number of rotatable bonds is 9. The molecule has 0 fully saturated rings. The second-order valence-electron chi connectivity index (χ2n) is 12.0. The molecular weight excluding hydrogens is 672 g/mol. The fourth-order valence-electron chi connectivity index (χ4n) is 6.13. The zero-order valence-electron chi connectivity index (χ0n) is 27.5. The Morgan fingerprint density at radius 1 is 0.642 bits per heavy atom. The summed E-state index contributed by atoms with van der Waals surface area (Å²) in [6.45, 7) is 0. The van der Waals surface area contributed by atoms with Crippen molar-refractivity contribution in [2.24, 2.45) is 0 Å². The number of nitrogens with one attached hydrogen (secondary N) is 5. The van der Waals surface area contributed by atoms with Gasteiger partial charge in [0, 0.05) is 56.7 Å². The van der Waals surface area contributed by atoms with Crippen LogP contribution in [0.4, 0.5) is 5.69 Å². The molecule has 0 spiro atoms. The van der Waals surface area contributed by atoms with Crippen LogP contribution in [0.2, 0.25) is 0 Å². The molecule has 53 heavy (non-hydrogen) atoms. The largest absolute Gasteiger partial charge is 0.444 e. The fraction of sp³-hybridized carbons (Fsp3) is 0.0263. The number of ether oxygens (including phenoxy) is 1. The SMILES string of the molecule is O=C(OC(C(=O)Nc1ccc(-c2n[nH]c3ccc(-c4nc[nH]n4)cc23)cc1)c1cccnc1)c1cccc(-c2n[nH]c3ccc(-c4nc[nH]n4)cc23)c1. The van der Waals surface area contributed by atoms with Crippen LogP contribution in [-0.4, -0.2) is 67.6 Å². The molecule has 0 saturated heterocycles. The first-order valence-corrected chi connectivity index (χ1v) is 16.4. The summed E-state index contributed by atoms with van der Waals surface area (Å²) in [6, 6.07) is 29.1. The summed E-state index contributed by atoms with van der Waals surface area (Å²) in [5.74, 6) is -0.105. The quantitative estimate of drug-likeness (QED) is 0.107. The van der Waals surface area contributed by atoms with Gasteiger partial charge >= 0.3 is 5.97 Å². The van der Waals surface area contributed by atoms with Crippen LogP contribution in [0.3, 0.4) is 0 Å². The van der Waals surface area contributed by atoms with Gasteiger partial charge in [-0.25, -0.2) is 14.8 Å². The molecule has 1 atom stereocenters. The van der Waals surface area contributed by atoms with E-state index in [2.05, 4.69) is 61.1 Å². The fourth-order valence-corrected chi connectivity index (χ4v) is 6.13. The summed E-state index contributed by atoms with van der Waals surface area (Å²) in [5, 5.41) is 33.6. The highest BCUT2D eigenvalue weighted by atomic mass is 16.5. The molecule has 0 aliphatic carbocycles. The number of pyridine rings is 1. The van der Waals surface area contributed by atoms with E-state index in [1.165, 1.54) is 18.9 Å². The van der Waals surface area contributed by atoms with E-state index in [4.69, 9.17) is 4.74 Å². The molecule has 5 N–H and O–H groups in total. The molecule has 0 radical (unpaired) electrons. The number of aromatic amines is 4. The van der Waals surface area contributed by atoms with Gasteiger partial charge in [0.25, 0.3) is 5.91 Å². The lowest BCUT2D eigenvalue weighted by Crippen LogP contribution is -2.26. The maximum absolute atomic E-state index is 13.8. The summed E-state index contributed by atoms with van der Waals surface area (Å²) >= 11 is 0. The molecule has 15 nitrogen and oxygen atoms in total. The van der Waals surface area contributed by atoms with Crippen LogP contribution in [0, 0.1) is 0 Å². The minimum absolute atomic E-state index is 0.243. The van der Waals surface area contributed by atoms with Crippen molar-refractivity contribution >= 4 is 39.4 Å². The van der Waals surface area contributed by atoms with E-state index in [-0.39, 0.29) is 5.56 Å². The molecule has 9 aromatic rings. The highest BCUT2D eigenvalue weighted by Crippen LogP contribution is 2.32. The first-order valence-electron chi connectivity index (χ1n) is 16.4. The molecule has 1 amide bonds. The average molecular weight is 699 g/mol. The molecule has 256 valence electrons. The Morgan fingerprint density at radius 3 is 1.89 bits per heavy atom. The van der Waals surface area contributed by atoms with Gasteiger partial charge in [0.2, 0.25) is 6.10 Å².